The number of nitrogens with zero attached hydrogens (tertiary/aromatic N) is 2. The lowest BCUT2D eigenvalue weighted by atomic mass is 10.3. The number of carbonyl (C=O) groups excluding carboxylic acids is 1. The fourth-order valence-electron chi connectivity index (χ4n) is 1.38. The third kappa shape index (κ3) is 2.97. The molecule has 0 unspecified atom stereocenters. The number of rotatable bonds is 2. The van der Waals surface area contributed by atoms with Crippen LogP contribution in [0, 0.1) is 6.92 Å². The van der Waals surface area contributed by atoms with Gasteiger partial charge >= 0.3 is 0 Å². The van der Waals surface area contributed by atoms with Crippen LogP contribution in [0.5, 0.6) is 0 Å². The van der Waals surface area contributed by atoms with Crippen LogP contribution in [0.25, 0.3) is 0 Å². The number of hydrogen-bond donors (Lipinski definition) is 1. The molecule has 18 heavy (non-hydrogen) atoms. The first-order valence-electron chi connectivity index (χ1n) is 5.13. The molecule has 1 amide bonds. The lowest BCUT2D eigenvalue weighted by Gasteiger charge is -2.07. The van der Waals surface area contributed by atoms with Crippen molar-refractivity contribution >= 4 is 34.8 Å². The number of pyridine rings is 2. The van der Waals surface area contributed by atoms with E-state index in [4.69, 9.17) is 23.2 Å². The van der Waals surface area contributed by atoms with E-state index >= 15 is 0 Å². The first kappa shape index (κ1) is 12.8. The van der Waals surface area contributed by atoms with Crippen molar-refractivity contribution in [2.45, 2.75) is 6.92 Å². The average molecular weight is 282 g/mol. The Morgan fingerprint density at radius 3 is 2.50 bits per heavy atom. The maximum absolute atomic E-state index is 11.9. The Labute approximate surface area is 114 Å². The predicted molar refractivity (Wildman–Crippen MR) is 71.2 cm³/mol. The molecular weight excluding hydrogens is 273 g/mol. The number of aromatic nitrogens is 2. The van der Waals surface area contributed by atoms with Crippen LogP contribution in [0.15, 0.2) is 30.3 Å². The highest BCUT2D eigenvalue weighted by Gasteiger charge is 2.10. The molecule has 4 nitrogen and oxygen atoms in total. The molecule has 0 saturated heterocycles. The summed E-state index contributed by atoms with van der Waals surface area (Å²) in [5.41, 5.74) is 1.47. The molecule has 0 aromatic carbocycles. The number of nitrogens with one attached hydrogen (secondary N) is 1. The summed E-state index contributed by atoms with van der Waals surface area (Å²) in [4.78, 5) is 19.9. The highest BCUT2D eigenvalue weighted by atomic mass is 35.5. The van der Waals surface area contributed by atoms with Crippen molar-refractivity contribution in [3.63, 3.8) is 0 Å². The fourth-order valence-corrected chi connectivity index (χ4v) is 1.74. The normalized spacial score (nSPS) is 10.2. The van der Waals surface area contributed by atoms with Gasteiger partial charge in [0.05, 0.1) is 11.4 Å². The third-order valence-corrected chi connectivity index (χ3v) is 2.67. The van der Waals surface area contributed by atoms with Crippen LogP contribution in [-0.2, 0) is 0 Å². The molecule has 0 aliphatic carbocycles. The van der Waals surface area contributed by atoms with E-state index < -0.39 is 0 Å². The molecule has 6 heteroatoms. The van der Waals surface area contributed by atoms with Crippen molar-refractivity contribution in [1.82, 2.24) is 9.97 Å². The molecule has 2 aromatic heterocycles. The topological polar surface area (TPSA) is 54.9 Å². The molecular formula is C12H9Cl2N3O. The smallest absolute Gasteiger partial charge is 0.274 e. The third-order valence-electron chi connectivity index (χ3n) is 2.25. The second kappa shape index (κ2) is 5.33. The van der Waals surface area contributed by atoms with E-state index in [1.165, 1.54) is 0 Å². The van der Waals surface area contributed by atoms with Gasteiger partial charge in [-0.3, -0.25) is 4.79 Å². The Bertz CT molecular complexity index is 602. The van der Waals surface area contributed by atoms with Gasteiger partial charge in [0.2, 0.25) is 0 Å². The van der Waals surface area contributed by atoms with E-state index in [-0.39, 0.29) is 16.8 Å². The molecule has 0 radical (unpaired) electrons. The summed E-state index contributed by atoms with van der Waals surface area (Å²) in [6.45, 7) is 1.76. The van der Waals surface area contributed by atoms with Crippen LogP contribution in [0.2, 0.25) is 10.3 Å². The van der Waals surface area contributed by atoms with E-state index in [2.05, 4.69) is 15.3 Å². The first-order valence-corrected chi connectivity index (χ1v) is 5.89. The van der Waals surface area contributed by atoms with Crippen molar-refractivity contribution in [2.75, 3.05) is 5.32 Å². The predicted octanol–water partition coefficient (Wildman–Crippen LogP) is 3.34. The minimum absolute atomic E-state index is 0.247. The van der Waals surface area contributed by atoms with Crippen molar-refractivity contribution in [3.8, 4) is 0 Å². The van der Waals surface area contributed by atoms with Gasteiger partial charge in [0.1, 0.15) is 16.0 Å². The lowest BCUT2D eigenvalue weighted by molar-refractivity contribution is 0.102. The maximum Gasteiger partial charge on any atom is 0.274 e. The second-order valence-electron chi connectivity index (χ2n) is 3.57. The number of hydrogen-bond acceptors (Lipinski definition) is 3. The molecule has 1 N–H and O–H groups in total. The zero-order chi connectivity index (χ0) is 13.1. The highest BCUT2D eigenvalue weighted by molar-refractivity contribution is 6.29. The minimum Gasteiger partial charge on any atom is -0.319 e. The van der Waals surface area contributed by atoms with E-state index in [1.54, 1.807) is 37.3 Å². The Balaban J connectivity index is 2.21. The van der Waals surface area contributed by atoms with Crippen LogP contribution in [0.3, 0.4) is 0 Å². The van der Waals surface area contributed by atoms with Crippen molar-refractivity contribution in [3.05, 3.63) is 52.0 Å². The summed E-state index contributed by atoms with van der Waals surface area (Å²) in [7, 11) is 0. The Hall–Kier alpha value is -1.65. The molecule has 0 atom stereocenters. The standard InChI is InChI=1S/C12H9Cl2N3O/c1-7-8(5-6-11(14)15-7)17-12(18)9-3-2-4-10(13)16-9/h2-6H,1H3,(H,17,18). The molecule has 2 rings (SSSR count). The van der Waals surface area contributed by atoms with Gasteiger partial charge in [0.15, 0.2) is 0 Å². The number of carbonyl (C=O) groups is 1. The summed E-state index contributed by atoms with van der Waals surface area (Å²) < 4.78 is 0. The molecule has 2 aromatic rings. The zero-order valence-electron chi connectivity index (χ0n) is 9.45. The van der Waals surface area contributed by atoms with E-state index in [0.29, 0.717) is 16.5 Å². The van der Waals surface area contributed by atoms with E-state index in [1.807, 2.05) is 0 Å². The molecule has 2 heterocycles. The van der Waals surface area contributed by atoms with E-state index in [9.17, 15) is 4.79 Å². The van der Waals surface area contributed by atoms with Gasteiger partial charge in [-0.1, -0.05) is 29.3 Å². The number of anilines is 1. The van der Waals surface area contributed by atoms with Gasteiger partial charge < -0.3 is 5.32 Å². The average Bonchev–Trinajstić information content (AvgIpc) is 2.32. The van der Waals surface area contributed by atoms with Gasteiger partial charge in [0.25, 0.3) is 5.91 Å². The quantitative estimate of drug-likeness (QED) is 0.859. The number of halogens is 2. The van der Waals surface area contributed by atoms with Gasteiger partial charge in [-0.2, -0.15) is 0 Å². The molecule has 0 bridgehead atoms. The van der Waals surface area contributed by atoms with Crippen molar-refractivity contribution in [1.29, 1.82) is 0 Å². The highest BCUT2D eigenvalue weighted by Crippen LogP contribution is 2.16. The van der Waals surface area contributed by atoms with Crippen LogP contribution in [0.1, 0.15) is 16.2 Å². The summed E-state index contributed by atoms with van der Waals surface area (Å²) >= 11 is 11.5. The van der Waals surface area contributed by atoms with Gasteiger partial charge in [-0.05, 0) is 31.2 Å². The fraction of sp³-hybridized carbons (Fsp3) is 0.0833. The van der Waals surface area contributed by atoms with Crippen molar-refractivity contribution < 1.29 is 4.79 Å². The van der Waals surface area contributed by atoms with Gasteiger partial charge in [-0.25, -0.2) is 9.97 Å². The van der Waals surface area contributed by atoms with Crippen LogP contribution in [0.4, 0.5) is 5.69 Å². The second-order valence-corrected chi connectivity index (χ2v) is 4.34. The summed E-state index contributed by atoms with van der Waals surface area (Å²) in [5.74, 6) is -0.343. The molecule has 0 fully saturated rings. The minimum atomic E-state index is -0.343. The van der Waals surface area contributed by atoms with Crippen LogP contribution < -0.4 is 5.32 Å². The largest absolute Gasteiger partial charge is 0.319 e. The van der Waals surface area contributed by atoms with E-state index in [0.717, 1.165) is 0 Å². The van der Waals surface area contributed by atoms with Crippen LogP contribution >= 0.6 is 23.2 Å². The van der Waals surface area contributed by atoms with Gasteiger partial charge in [-0.15, -0.1) is 0 Å². The maximum atomic E-state index is 11.9. The van der Waals surface area contributed by atoms with Crippen LogP contribution in [-0.4, -0.2) is 15.9 Å². The van der Waals surface area contributed by atoms with Gasteiger partial charge in [0, 0.05) is 0 Å². The molecule has 0 aliphatic rings. The first-order chi connectivity index (χ1) is 8.56. The Morgan fingerprint density at radius 1 is 1.11 bits per heavy atom. The Morgan fingerprint density at radius 2 is 1.83 bits per heavy atom. The summed E-state index contributed by atoms with van der Waals surface area (Å²) in [5, 5.41) is 3.35. The number of amides is 1. The SMILES string of the molecule is Cc1nc(Cl)ccc1NC(=O)c1cccc(Cl)n1. The molecule has 0 aliphatic heterocycles. The summed E-state index contributed by atoms with van der Waals surface area (Å²) in [6, 6.07) is 8.15. The number of aryl methyl sites for hydroxylation is 1. The molecule has 92 valence electrons. The monoisotopic (exact) mass is 281 g/mol. The van der Waals surface area contributed by atoms with Crippen molar-refractivity contribution in [2.24, 2.45) is 0 Å². The summed E-state index contributed by atoms with van der Waals surface area (Å²) in [6.07, 6.45) is 0. The molecule has 0 spiro atoms. The molecule has 0 saturated carbocycles. The Kier molecular flexibility index (Phi) is 3.79. The lowest BCUT2D eigenvalue weighted by Crippen LogP contribution is -2.14. The zero-order valence-corrected chi connectivity index (χ0v) is 11.0.